The van der Waals surface area contributed by atoms with Gasteiger partial charge < -0.3 is 5.11 Å². The van der Waals surface area contributed by atoms with Crippen molar-refractivity contribution in [2.45, 2.75) is 32.3 Å². The molecule has 1 rings (SSSR count). The zero-order valence-corrected chi connectivity index (χ0v) is 4.72. The van der Waals surface area contributed by atoms with Crippen LogP contribution in [0.2, 0.25) is 0 Å². The molecule has 0 heterocycles. The SMILES string of the molecule is C[C@@H]1CCC(O)C1. The molecule has 0 bridgehead atoms. The van der Waals surface area contributed by atoms with E-state index in [9.17, 15) is 0 Å². The van der Waals surface area contributed by atoms with Gasteiger partial charge in [-0.15, -0.1) is 0 Å². The van der Waals surface area contributed by atoms with Crippen LogP contribution in [0.3, 0.4) is 0 Å². The van der Waals surface area contributed by atoms with Crippen molar-refractivity contribution in [1.29, 1.82) is 0 Å². The predicted octanol–water partition coefficient (Wildman–Crippen LogP) is 1.17. The summed E-state index contributed by atoms with van der Waals surface area (Å²) < 4.78 is 0. The molecule has 0 aromatic carbocycles. The molecule has 1 heteroatoms. The molecule has 1 N–H and O–H groups in total. The van der Waals surface area contributed by atoms with Crippen LogP contribution in [0.15, 0.2) is 0 Å². The second kappa shape index (κ2) is 1.83. The van der Waals surface area contributed by atoms with Crippen molar-refractivity contribution in [3.63, 3.8) is 0 Å². The fourth-order valence-electron chi connectivity index (χ4n) is 1.18. The predicted molar refractivity (Wildman–Crippen MR) is 29.0 cm³/mol. The molecule has 1 nitrogen and oxygen atoms in total. The summed E-state index contributed by atoms with van der Waals surface area (Å²) in [5, 5.41) is 8.90. The van der Waals surface area contributed by atoms with Crippen molar-refractivity contribution < 1.29 is 5.11 Å². The van der Waals surface area contributed by atoms with E-state index >= 15 is 0 Å². The van der Waals surface area contributed by atoms with E-state index in [1.807, 2.05) is 0 Å². The van der Waals surface area contributed by atoms with Gasteiger partial charge in [0.15, 0.2) is 0 Å². The van der Waals surface area contributed by atoms with Gasteiger partial charge >= 0.3 is 0 Å². The quantitative estimate of drug-likeness (QED) is 0.484. The van der Waals surface area contributed by atoms with Crippen molar-refractivity contribution in [3.8, 4) is 0 Å². The highest BCUT2D eigenvalue weighted by atomic mass is 16.3. The normalized spacial score (nSPS) is 42.0. The van der Waals surface area contributed by atoms with E-state index in [0.29, 0.717) is 0 Å². The second-order valence-corrected chi connectivity index (χ2v) is 2.57. The fourth-order valence-corrected chi connectivity index (χ4v) is 1.18. The van der Waals surface area contributed by atoms with Crippen molar-refractivity contribution >= 4 is 0 Å². The highest BCUT2D eigenvalue weighted by molar-refractivity contribution is 4.70. The molecule has 1 aliphatic rings. The van der Waals surface area contributed by atoms with Crippen LogP contribution in [0.25, 0.3) is 0 Å². The van der Waals surface area contributed by atoms with Crippen LogP contribution in [-0.2, 0) is 0 Å². The van der Waals surface area contributed by atoms with Crippen LogP contribution >= 0.6 is 0 Å². The molecule has 0 amide bonds. The lowest BCUT2D eigenvalue weighted by Crippen LogP contribution is -1.97. The topological polar surface area (TPSA) is 20.2 Å². The number of aliphatic hydroxyl groups is 1. The van der Waals surface area contributed by atoms with Crippen LogP contribution in [0.4, 0.5) is 0 Å². The Morgan fingerprint density at radius 3 is 2.29 bits per heavy atom. The number of rotatable bonds is 0. The van der Waals surface area contributed by atoms with E-state index in [1.54, 1.807) is 0 Å². The van der Waals surface area contributed by atoms with Gasteiger partial charge in [-0.1, -0.05) is 6.92 Å². The maximum absolute atomic E-state index is 8.90. The Kier molecular flexibility index (Phi) is 1.33. The summed E-state index contributed by atoms with van der Waals surface area (Å²) in [6.07, 6.45) is 3.30. The van der Waals surface area contributed by atoms with Crippen molar-refractivity contribution in [1.82, 2.24) is 0 Å². The summed E-state index contributed by atoms with van der Waals surface area (Å²) in [5.41, 5.74) is 0. The highest BCUT2D eigenvalue weighted by Gasteiger charge is 2.17. The van der Waals surface area contributed by atoms with E-state index in [4.69, 9.17) is 5.11 Å². The molecule has 1 fully saturated rings. The van der Waals surface area contributed by atoms with Crippen LogP contribution in [0, 0.1) is 5.92 Å². The first-order chi connectivity index (χ1) is 3.29. The van der Waals surface area contributed by atoms with Crippen LogP contribution in [0.5, 0.6) is 0 Å². The second-order valence-electron chi connectivity index (χ2n) is 2.57. The first kappa shape index (κ1) is 5.10. The molecular weight excluding hydrogens is 88.1 g/mol. The molecule has 42 valence electrons. The molecular formula is C6H12O. The van der Waals surface area contributed by atoms with Gasteiger partial charge in [-0.2, -0.15) is 0 Å². The third-order valence-corrected chi connectivity index (χ3v) is 1.67. The van der Waals surface area contributed by atoms with E-state index in [-0.39, 0.29) is 6.10 Å². The summed E-state index contributed by atoms with van der Waals surface area (Å²) in [6, 6.07) is 0. The summed E-state index contributed by atoms with van der Waals surface area (Å²) in [6.45, 7) is 2.19. The van der Waals surface area contributed by atoms with Crippen LogP contribution < -0.4 is 0 Å². The third-order valence-electron chi connectivity index (χ3n) is 1.67. The number of hydrogen-bond donors (Lipinski definition) is 1. The van der Waals surface area contributed by atoms with E-state index in [2.05, 4.69) is 6.92 Å². The summed E-state index contributed by atoms with van der Waals surface area (Å²) in [4.78, 5) is 0. The minimum absolute atomic E-state index is 0.0231. The van der Waals surface area contributed by atoms with E-state index in [0.717, 1.165) is 18.8 Å². The zero-order chi connectivity index (χ0) is 5.28. The van der Waals surface area contributed by atoms with Gasteiger partial charge in [-0.25, -0.2) is 0 Å². The van der Waals surface area contributed by atoms with Gasteiger partial charge in [0.05, 0.1) is 6.10 Å². The van der Waals surface area contributed by atoms with Crippen molar-refractivity contribution in [2.24, 2.45) is 5.92 Å². The van der Waals surface area contributed by atoms with E-state index < -0.39 is 0 Å². The van der Waals surface area contributed by atoms with Gasteiger partial charge in [-0.05, 0) is 25.2 Å². The maximum atomic E-state index is 8.90. The summed E-state index contributed by atoms with van der Waals surface area (Å²) >= 11 is 0. The Balaban J connectivity index is 2.26. The molecule has 0 aromatic heterocycles. The van der Waals surface area contributed by atoms with Gasteiger partial charge in [0.2, 0.25) is 0 Å². The first-order valence-corrected chi connectivity index (χ1v) is 2.97. The first-order valence-electron chi connectivity index (χ1n) is 2.97. The smallest absolute Gasteiger partial charge is 0.0542 e. The largest absolute Gasteiger partial charge is 0.393 e. The van der Waals surface area contributed by atoms with E-state index in [1.165, 1.54) is 6.42 Å². The van der Waals surface area contributed by atoms with Gasteiger partial charge in [0, 0.05) is 0 Å². The lowest BCUT2D eigenvalue weighted by Gasteiger charge is -1.95. The Hall–Kier alpha value is -0.0400. The zero-order valence-electron chi connectivity index (χ0n) is 4.72. The van der Waals surface area contributed by atoms with Gasteiger partial charge in [0.25, 0.3) is 0 Å². The maximum Gasteiger partial charge on any atom is 0.0542 e. The van der Waals surface area contributed by atoms with Crippen molar-refractivity contribution in [2.75, 3.05) is 0 Å². The summed E-state index contributed by atoms with van der Waals surface area (Å²) in [7, 11) is 0. The standard InChI is InChI=1S/C6H12O/c1-5-2-3-6(7)4-5/h5-7H,2-4H2,1H3/t5-,6?/m1/s1. The molecule has 1 saturated carbocycles. The Bertz CT molecular complexity index is 53.2. The lowest BCUT2D eigenvalue weighted by atomic mass is 10.1. The molecule has 0 radical (unpaired) electrons. The fraction of sp³-hybridized carbons (Fsp3) is 1.00. The molecule has 1 unspecified atom stereocenters. The lowest BCUT2D eigenvalue weighted by molar-refractivity contribution is 0.179. The molecule has 0 aromatic rings. The number of aliphatic hydroxyl groups excluding tert-OH is 1. The molecule has 2 atom stereocenters. The van der Waals surface area contributed by atoms with Gasteiger partial charge in [-0.3, -0.25) is 0 Å². The third kappa shape index (κ3) is 1.16. The molecule has 7 heavy (non-hydrogen) atoms. The highest BCUT2D eigenvalue weighted by Crippen LogP contribution is 2.23. The molecule has 0 saturated heterocycles. The Morgan fingerprint density at radius 1 is 1.43 bits per heavy atom. The minimum Gasteiger partial charge on any atom is -0.393 e. The molecule has 0 aliphatic heterocycles. The Morgan fingerprint density at radius 2 is 2.14 bits per heavy atom. The molecule has 1 aliphatic carbocycles. The monoisotopic (exact) mass is 100 g/mol. The van der Waals surface area contributed by atoms with Gasteiger partial charge in [0.1, 0.15) is 0 Å². The minimum atomic E-state index is 0.0231. The Labute approximate surface area is 44.4 Å². The van der Waals surface area contributed by atoms with Crippen molar-refractivity contribution in [3.05, 3.63) is 0 Å². The van der Waals surface area contributed by atoms with Crippen LogP contribution in [-0.4, -0.2) is 11.2 Å². The van der Waals surface area contributed by atoms with Crippen LogP contribution in [0.1, 0.15) is 26.2 Å². The average molecular weight is 100 g/mol. The number of hydrogen-bond acceptors (Lipinski definition) is 1. The summed E-state index contributed by atoms with van der Waals surface area (Å²) in [5.74, 6) is 0.773. The average Bonchev–Trinajstić information content (AvgIpc) is 1.87. The molecule has 0 spiro atoms.